The topological polar surface area (TPSA) is 89.8 Å². The van der Waals surface area contributed by atoms with Gasteiger partial charge in [-0.25, -0.2) is 20.0 Å². The third kappa shape index (κ3) is 6.34. The number of piperidine rings is 1. The summed E-state index contributed by atoms with van der Waals surface area (Å²) in [6.07, 6.45) is 4.74. The third-order valence-electron chi connectivity index (χ3n) is 6.94. The van der Waals surface area contributed by atoms with Crippen molar-refractivity contribution in [3.63, 3.8) is 0 Å². The van der Waals surface area contributed by atoms with Gasteiger partial charge in [-0.15, -0.1) is 0 Å². The fourth-order valence-corrected chi connectivity index (χ4v) is 5.55. The first-order valence-electron chi connectivity index (χ1n) is 12.0. The van der Waals surface area contributed by atoms with Gasteiger partial charge in [-0.05, 0) is 50.6 Å². The molecule has 35 heavy (non-hydrogen) atoms. The smallest absolute Gasteiger partial charge is 0.333 e. The highest BCUT2D eigenvalue weighted by atomic mass is 35.5. The molecule has 2 amide bonds. The number of amides is 2. The van der Waals surface area contributed by atoms with E-state index >= 15 is 0 Å². The van der Waals surface area contributed by atoms with E-state index in [1.165, 1.54) is 6.07 Å². The van der Waals surface area contributed by atoms with Gasteiger partial charge in [0.25, 0.3) is 0 Å². The van der Waals surface area contributed by atoms with Gasteiger partial charge < -0.3 is 10.2 Å². The van der Waals surface area contributed by atoms with Gasteiger partial charge in [0.05, 0.1) is 16.9 Å². The molecule has 3 heterocycles. The van der Waals surface area contributed by atoms with Crippen LogP contribution in [0.1, 0.15) is 31.7 Å². The summed E-state index contributed by atoms with van der Waals surface area (Å²) in [5.74, 6) is 5.60. The van der Waals surface area contributed by atoms with Gasteiger partial charge in [-0.2, -0.15) is 0 Å². The van der Waals surface area contributed by atoms with Crippen molar-refractivity contribution < 1.29 is 9.18 Å². The fourth-order valence-electron chi connectivity index (χ4n) is 5.10. The van der Waals surface area contributed by atoms with Crippen molar-refractivity contribution in [3.05, 3.63) is 51.9 Å². The summed E-state index contributed by atoms with van der Waals surface area (Å²) < 4.78 is 14.2. The Bertz CT molecular complexity index is 1030. The number of rotatable bonds is 6. The van der Waals surface area contributed by atoms with Crippen LogP contribution in [0.2, 0.25) is 10.0 Å². The number of carbonyl (C=O) groups excluding carboxylic acids is 1. The van der Waals surface area contributed by atoms with E-state index in [1.807, 2.05) is 5.43 Å². The maximum atomic E-state index is 14.2. The van der Waals surface area contributed by atoms with Crippen molar-refractivity contribution in [3.8, 4) is 0 Å². The summed E-state index contributed by atoms with van der Waals surface area (Å²) in [7, 11) is 0. The highest BCUT2D eigenvalue weighted by molar-refractivity contribution is 6.33. The molecule has 2 aliphatic rings. The Labute approximate surface area is 215 Å². The largest absolute Gasteiger partial charge is 0.353 e. The summed E-state index contributed by atoms with van der Waals surface area (Å²) >= 11 is 12.4. The van der Waals surface area contributed by atoms with Gasteiger partial charge in [0.1, 0.15) is 11.6 Å². The molecule has 4 N–H and O–H groups in total. The standard InChI is InChI=1S/C24H32Cl2FN7O/c1-2-19-15-33(23-21(26)12-18(13-29-23)30-24(35)31-28)9-10-34(19)20-5-7-32(8-6-20)14-16-3-4-17(25)11-22(16)27/h3-4,11-13,19-20H,2,5-10,14-15,28H2,1H3,(H2,30,31,35). The van der Waals surface area contributed by atoms with Gasteiger partial charge in [-0.3, -0.25) is 15.2 Å². The van der Waals surface area contributed by atoms with Crippen LogP contribution < -0.4 is 21.5 Å². The van der Waals surface area contributed by atoms with E-state index in [-0.39, 0.29) is 5.82 Å². The first-order valence-corrected chi connectivity index (χ1v) is 12.7. The predicted octanol–water partition coefficient (Wildman–Crippen LogP) is 4.09. The van der Waals surface area contributed by atoms with Crippen LogP contribution >= 0.6 is 23.2 Å². The Balaban J connectivity index is 1.33. The van der Waals surface area contributed by atoms with Gasteiger partial charge in [0.2, 0.25) is 0 Å². The lowest BCUT2D eigenvalue weighted by molar-refractivity contribution is 0.0607. The van der Waals surface area contributed by atoms with Crippen molar-refractivity contribution in [1.82, 2.24) is 20.2 Å². The number of anilines is 2. The Kier molecular flexibility index (Phi) is 8.67. The van der Waals surface area contributed by atoms with Crippen LogP contribution in [-0.4, -0.2) is 65.6 Å². The number of aromatic nitrogens is 1. The van der Waals surface area contributed by atoms with Crippen molar-refractivity contribution in [2.45, 2.75) is 44.8 Å². The summed E-state index contributed by atoms with van der Waals surface area (Å²) in [6.45, 7) is 7.33. The lowest BCUT2D eigenvalue weighted by Crippen LogP contribution is -2.58. The quantitative estimate of drug-likeness (QED) is 0.300. The van der Waals surface area contributed by atoms with Gasteiger partial charge in [0.15, 0.2) is 0 Å². The van der Waals surface area contributed by atoms with Crippen LogP contribution in [-0.2, 0) is 6.54 Å². The highest BCUT2D eigenvalue weighted by Crippen LogP contribution is 2.31. The molecule has 0 spiro atoms. The number of benzene rings is 1. The number of halogens is 3. The van der Waals surface area contributed by atoms with Crippen molar-refractivity contribution in [2.75, 3.05) is 42.9 Å². The van der Waals surface area contributed by atoms with Crippen LogP contribution in [0.5, 0.6) is 0 Å². The second-order valence-electron chi connectivity index (χ2n) is 9.12. The molecule has 2 aliphatic heterocycles. The number of nitrogens with one attached hydrogen (secondary N) is 2. The fraction of sp³-hybridized carbons (Fsp3) is 0.500. The number of nitrogens with two attached hydrogens (primary N) is 1. The molecule has 2 aromatic rings. The van der Waals surface area contributed by atoms with E-state index in [0.717, 1.165) is 57.8 Å². The molecular formula is C24H32Cl2FN7O. The van der Waals surface area contributed by atoms with Gasteiger partial charge in [-0.1, -0.05) is 36.2 Å². The van der Waals surface area contributed by atoms with Crippen LogP contribution in [0.25, 0.3) is 0 Å². The van der Waals surface area contributed by atoms with Crippen molar-refractivity contribution in [1.29, 1.82) is 0 Å². The Morgan fingerprint density at radius 2 is 1.97 bits per heavy atom. The molecule has 1 aromatic heterocycles. The molecule has 0 radical (unpaired) electrons. The molecule has 2 fully saturated rings. The first-order chi connectivity index (χ1) is 16.9. The number of nitrogens with zero attached hydrogens (tertiary/aromatic N) is 4. The zero-order valence-electron chi connectivity index (χ0n) is 19.8. The van der Waals surface area contributed by atoms with Gasteiger partial charge in [0, 0.05) is 48.8 Å². The van der Waals surface area contributed by atoms with Crippen LogP contribution in [0.3, 0.4) is 0 Å². The number of hydrazine groups is 1. The molecule has 4 rings (SSSR count). The average Bonchev–Trinajstić information content (AvgIpc) is 2.86. The summed E-state index contributed by atoms with van der Waals surface area (Å²) in [4.78, 5) is 23.1. The summed E-state index contributed by atoms with van der Waals surface area (Å²) in [6, 6.07) is 6.98. The van der Waals surface area contributed by atoms with Crippen molar-refractivity contribution in [2.24, 2.45) is 5.84 Å². The Morgan fingerprint density at radius 1 is 1.20 bits per heavy atom. The van der Waals surface area contributed by atoms with Crippen molar-refractivity contribution >= 4 is 40.7 Å². The molecule has 190 valence electrons. The minimum absolute atomic E-state index is 0.236. The molecule has 2 saturated heterocycles. The molecule has 0 saturated carbocycles. The molecule has 1 atom stereocenters. The van der Waals surface area contributed by atoms with E-state index in [0.29, 0.717) is 39.9 Å². The van der Waals surface area contributed by atoms with Crippen LogP contribution in [0, 0.1) is 5.82 Å². The summed E-state index contributed by atoms with van der Waals surface area (Å²) in [5.41, 5.74) is 3.20. The number of likely N-dealkylation sites (tertiary alicyclic amines) is 1. The van der Waals surface area contributed by atoms with E-state index < -0.39 is 6.03 Å². The minimum Gasteiger partial charge on any atom is -0.353 e. The van der Waals surface area contributed by atoms with E-state index in [4.69, 9.17) is 29.0 Å². The number of hydrogen-bond acceptors (Lipinski definition) is 6. The molecule has 8 nitrogen and oxygen atoms in total. The monoisotopic (exact) mass is 523 g/mol. The molecule has 0 bridgehead atoms. The molecule has 1 aromatic carbocycles. The third-order valence-corrected chi connectivity index (χ3v) is 7.46. The number of urea groups is 1. The second-order valence-corrected chi connectivity index (χ2v) is 9.96. The van der Waals surface area contributed by atoms with E-state index in [1.54, 1.807) is 24.4 Å². The zero-order chi connectivity index (χ0) is 24.9. The molecular weight excluding hydrogens is 492 g/mol. The Hall–Kier alpha value is -2.17. The number of piperazine rings is 1. The minimum atomic E-state index is -0.528. The lowest BCUT2D eigenvalue weighted by atomic mass is 9.97. The predicted molar refractivity (Wildman–Crippen MR) is 138 cm³/mol. The maximum absolute atomic E-state index is 14.2. The first kappa shape index (κ1) is 25.9. The number of hydrogen-bond donors (Lipinski definition) is 3. The second kappa shape index (κ2) is 11.7. The van der Waals surface area contributed by atoms with Gasteiger partial charge >= 0.3 is 6.03 Å². The van der Waals surface area contributed by atoms with Crippen LogP contribution in [0.4, 0.5) is 20.7 Å². The van der Waals surface area contributed by atoms with Crippen LogP contribution in [0.15, 0.2) is 30.5 Å². The average molecular weight is 524 g/mol. The maximum Gasteiger partial charge on any atom is 0.333 e. The normalized spacial score (nSPS) is 20.1. The summed E-state index contributed by atoms with van der Waals surface area (Å²) in [5, 5.41) is 3.50. The Morgan fingerprint density at radius 3 is 2.63 bits per heavy atom. The zero-order valence-corrected chi connectivity index (χ0v) is 21.3. The molecule has 11 heteroatoms. The van der Waals surface area contributed by atoms with E-state index in [9.17, 15) is 9.18 Å². The van der Waals surface area contributed by atoms with E-state index in [2.05, 4.69) is 31.9 Å². The molecule has 0 aliphatic carbocycles. The lowest BCUT2D eigenvalue weighted by Gasteiger charge is -2.47. The number of carbonyl (C=O) groups is 1. The molecule has 1 unspecified atom stereocenters. The number of pyridine rings is 1. The highest BCUT2D eigenvalue weighted by Gasteiger charge is 2.34. The SMILES string of the molecule is CCC1CN(c2ncc(NC(=O)NN)cc2Cl)CCN1C1CCN(Cc2ccc(Cl)cc2F)CC1.